The lowest BCUT2D eigenvalue weighted by Crippen LogP contribution is -2.61. The summed E-state index contributed by atoms with van der Waals surface area (Å²) in [5, 5.41) is 0.732. The molecule has 0 radical (unpaired) electrons. The lowest BCUT2D eigenvalue weighted by atomic mass is 9.42. The molecule has 5 aliphatic rings. The third-order valence-electron chi connectivity index (χ3n) is 5.16. The van der Waals surface area contributed by atoms with Gasteiger partial charge in [-0.2, -0.15) is 0 Å². The van der Waals surface area contributed by atoms with Crippen molar-refractivity contribution in [1.29, 1.82) is 0 Å². The van der Waals surface area contributed by atoms with Gasteiger partial charge in [-0.05, 0) is 44.9 Å². The maximum absolute atomic E-state index is 13.1. The van der Waals surface area contributed by atoms with Gasteiger partial charge in [0.2, 0.25) is 0 Å². The van der Waals surface area contributed by atoms with Gasteiger partial charge in [0.05, 0.1) is 25.7 Å². The van der Waals surface area contributed by atoms with E-state index in [0.717, 1.165) is 24.6 Å². The Morgan fingerprint density at radius 2 is 2.00 bits per heavy atom. The molecule has 0 heterocycles. The maximum atomic E-state index is 13.1. The molecule has 0 aromatic rings. The summed E-state index contributed by atoms with van der Waals surface area (Å²) in [4.78, 5) is 12.3. The van der Waals surface area contributed by atoms with Crippen LogP contribution in [0.1, 0.15) is 33.1 Å². The van der Waals surface area contributed by atoms with E-state index < -0.39 is 13.0 Å². The first kappa shape index (κ1) is 15.3. The van der Waals surface area contributed by atoms with E-state index in [9.17, 15) is 9.36 Å². The second-order valence-corrected chi connectivity index (χ2v) is 8.24. The Morgan fingerprint density at radius 1 is 1.33 bits per heavy atom. The van der Waals surface area contributed by atoms with Gasteiger partial charge < -0.3 is 13.8 Å². The molecular formula is C15H23O5P. The molecule has 5 nitrogen and oxygen atoms in total. The van der Waals surface area contributed by atoms with Crippen molar-refractivity contribution < 1.29 is 23.1 Å². The monoisotopic (exact) mass is 314 g/mol. The van der Waals surface area contributed by atoms with Crippen molar-refractivity contribution in [3.8, 4) is 0 Å². The fourth-order valence-corrected chi connectivity index (χ4v) is 6.90. The molecule has 0 amide bonds. The lowest BCUT2D eigenvalue weighted by Gasteiger charge is -2.63. The number of hydrogen-bond donors (Lipinski definition) is 0. The Labute approximate surface area is 125 Å². The molecule has 0 saturated heterocycles. The largest absolute Gasteiger partial charge is 0.469 e. The molecule has 0 aromatic carbocycles. The lowest BCUT2D eigenvalue weighted by molar-refractivity contribution is -0.182. The van der Waals surface area contributed by atoms with Crippen LogP contribution in [0.2, 0.25) is 0 Å². The second-order valence-electron chi connectivity index (χ2n) is 6.21. The molecule has 0 aliphatic heterocycles. The zero-order chi connectivity index (χ0) is 15.3. The first-order valence-electron chi connectivity index (χ1n) is 7.70. The Kier molecular flexibility index (Phi) is 3.79. The highest BCUT2D eigenvalue weighted by Gasteiger charge is 2.68. The van der Waals surface area contributed by atoms with E-state index in [1.807, 2.05) is 19.9 Å². The van der Waals surface area contributed by atoms with Crippen molar-refractivity contribution in [2.45, 2.75) is 33.1 Å². The molecule has 6 heteroatoms. The van der Waals surface area contributed by atoms with Gasteiger partial charge in [0.1, 0.15) is 0 Å². The van der Waals surface area contributed by atoms with Crippen LogP contribution in [0.3, 0.4) is 0 Å². The van der Waals surface area contributed by atoms with Gasteiger partial charge in [-0.3, -0.25) is 9.36 Å². The number of carbonyl (C=O) groups is 1. The maximum Gasteiger partial charge on any atom is 0.357 e. The van der Waals surface area contributed by atoms with Gasteiger partial charge >= 0.3 is 13.6 Å². The van der Waals surface area contributed by atoms with Gasteiger partial charge in [-0.25, -0.2) is 0 Å². The van der Waals surface area contributed by atoms with Crippen LogP contribution >= 0.6 is 7.60 Å². The summed E-state index contributed by atoms with van der Waals surface area (Å²) in [5.74, 6) is 0.506. The van der Waals surface area contributed by atoms with Crippen molar-refractivity contribution in [3.63, 3.8) is 0 Å². The smallest absolute Gasteiger partial charge is 0.357 e. The molecule has 5 rings (SSSR count). The Bertz CT molecular complexity index is 518. The highest BCUT2D eigenvalue weighted by molar-refractivity contribution is 7.58. The van der Waals surface area contributed by atoms with Gasteiger partial charge in [-0.15, -0.1) is 0 Å². The fourth-order valence-electron chi connectivity index (χ4n) is 4.65. The Balaban J connectivity index is 1.97. The summed E-state index contributed by atoms with van der Waals surface area (Å²) in [6.45, 7) is 4.29. The van der Waals surface area contributed by atoms with Gasteiger partial charge in [0.15, 0.2) is 0 Å². The van der Waals surface area contributed by atoms with E-state index in [1.165, 1.54) is 7.11 Å². The van der Waals surface area contributed by atoms with Crippen LogP contribution in [0, 0.1) is 23.2 Å². The summed E-state index contributed by atoms with van der Waals surface area (Å²) in [7, 11) is -1.85. The van der Waals surface area contributed by atoms with Gasteiger partial charge in [-0.1, -0.05) is 6.08 Å². The van der Waals surface area contributed by atoms with Crippen molar-refractivity contribution in [2.75, 3.05) is 20.3 Å². The number of allylic oxidation sites excluding steroid dienone is 2. The van der Waals surface area contributed by atoms with E-state index in [1.54, 1.807) is 0 Å². The molecule has 0 aromatic heterocycles. The Hall–Kier alpha value is -0.640. The molecule has 21 heavy (non-hydrogen) atoms. The van der Waals surface area contributed by atoms with Gasteiger partial charge in [0.25, 0.3) is 0 Å². The highest BCUT2D eigenvalue weighted by atomic mass is 31.2. The van der Waals surface area contributed by atoms with Crippen molar-refractivity contribution >= 4 is 13.6 Å². The van der Waals surface area contributed by atoms with Crippen molar-refractivity contribution in [3.05, 3.63) is 11.4 Å². The van der Waals surface area contributed by atoms with E-state index in [-0.39, 0.29) is 17.8 Å². The van der Waals surface area contributed by atoms with E-state index in [2.05, 4.69) is 0 Å². The predicted molar refractivity (Wildman–Crippen MR) is 77.7 cm³/mol. The number of hydrogen-bond acceptors (Lipinski definition) is 5. The molecule has 118 valence electrons. The fraction of sp³-hybridized carbons (Fsp3) is 0.800. The summed E-state index contributed by atoms with van der Waals surface area (Å²) in [6.07, 6.45) is 4.78. The molecule has 5 aliphatic carbocycles. The zero-order valence-corrected chi connectivity index (χ0v) is 13.7. The predicted octanol–water partition coefficient (Wildman–Crippen LogP) is 3.36. The summed E-state index contributed by atoms with van der Waals surface area (Å²) >= 11 is 0. The third-order valence-corrected chi connectivity index (χ3v) is 7.41. The molecule has 4 bridgehead atoms. The quantitative estimate of drug-likeness (QED) is 0.556. The van der Waals surface area contributed by atoms with E-state index in [4.69, 9.17) is 13.8 Å². The summed E-state index contributed by atoms with van der Waals surface area (Å²) < 4.78 is 29.1. The van der Waals surface area contributed by atoms with E-state index >= 15 is 0 Å². The van der Waals surface area contributed by atoms with Crippen LogP contribution in [-0.4, -0.2) is 26.3 Å². The normalized spacial score (nSPS) is 36.9. The minimum absolute atomic E-state index is 0.0288. The molecule has 4 unspecified atom stereocenters. The minimum Gasteiger partial charge on any atom is -0.469 e. The summed E-state index contributed by atoms with van der Waals surface area (Å²) in [6, 6.07) is 0. The topological polar surface area (TPSA) is 61.8 Å². The molecule has 4 atom stereocenters. The van der Waals surface area contributed by atoms with Crippen molar-refractivity contribution in [2.24, 2.45) is 23.2 Å². The standard InChI is InChI=1S/C15H23O5P/c1-4-19-21(17,20-5-2)12-7-10-6-11-9-15(8-10,13(11)12)14(16)18-3/h7,10-11,13H,4-6,8-9H2,1-3H3. The van der Waals surface area contributed by atoms with Crippen molar-refractivity contribution in [1.82, 2.24) is 0 Å². The minimum atomic E-state index is -3.28. The van der Waals surface area contributed by atoms with Gasteiger partial charge in [0, 0.05) is 11.2 Å². The molecule has 3 fully saturated rings. The molecule has 3 saturated carbocycles. The van der Waals surface area contributed by atoms with Crippen LogP contribution < -0.4 is 0 Å². The molecule has 0 spiro atoms. The number of methoxy groups -OCH3 is 1. The SMILES string of the molecule is CCOP(=O)(OCC)C1=CC2CC3CC(C(=O)OC)(C2)C13. The number of carbonyl (C=O) groups excluding carboxylic acids is 1. The number of esters is 1. The molecule has 0 N–H and O–H groups in total. The third kappa shape index (κ3) is 2.05. The highest BCUT2D eigenvalue weighted by Crippen LogP contribution is 2.75. The zero-order valence-electron chi connectivity index (χ0n) is 12.8. The first-order valence-corrected chi connectivity index (χ1v) is 9.24. The van der Waals surface area contributed by atoms with Crippen LogP contribution in [0.25, 0.3) is 0 Å². The molecular weight excluding hydrogens is 291 g/mol. The van der Waals surface area contributed by atoms with Crippen LogP contribution in [0.15, 0.2) is 11.4 Å². The first-order chi connectivity index (χ1) is 10.0. The average Bonchev–Trinajstić information content (AvgIpc) is 2.46. The average molecular weight is 314 g/mol. The van der Waals surface area contributed by atoms with E-state index in [0.29, 0.717) is 19.1 Å². The van der Waals surface area contributed by atoms with Crippen LogP contribution in [0.5, 0.6) is 0 Å². The Morgan fingerprint density at radius 3 is 2.52 bits per heavy atom. The second kappa shape index (κ2) is 5.22. The number of ether oxygens (including phenoxy) is 1. The summed E-state index contributed by atoms with van der Waals surface area (Å²) in [5.41, 5.74) is -0.490. The van der Waals surface area contributed by atoms with Crippen LogP contribution in [-0.2, 0) is 23.1 Å². The number of rotatable bonds is 6. The van der Waals surface area contributed by atoms with Crippen LogP contribution in [0.4, 0.5) is 0 Å².